The number of methoxy groups -OCH3 is 2. The topological polar surface area (TPSA) is 98.5 Å². The fourth-order valence-corrected chi connectivity index (χ4v) is 3.30. The quantitative estimate of drug-likeness (QED) is 0.384. The Bertz CT molecular complexity index is 1210. The van der Waals surface area contributed by atoms with Crippen molar-refractivity contribution in [2.75, 3.05) is 19.5 Å². The van der Waals surface area contributed by atoms with Crippen LogP contribution in [0.3, 0.4) is 0 Å². The van der Waals surface area contributed by atoms with Crippen molar-refractivity contribution >= 4 is 23.3 Å². The Morgan fingerprint density at radius 3 is 2.24 bits per heavy atom. The standard InChI is InChI=1S/C24H21ClN4O4/c1-31-19-12-18(13-20(14-19)32-2)26-24(30)27-21(15-8-10-17(25)11-9-15)23-29-28-22(33-23)16-6-4-3-5-7-16/h3-14,21H,1-2H3,(H2,26,27,30)/t21-/m0/s1. The molecule has 1 atom stereocenters. The summed E-state index contributed by atoms with van der Waals surface area (Å²) < 4.78 is 16.4. The second-order valence-electron chi connectivity index (χ2n) is 7.00. The molecule has 2 amide bonds. The predicted octanol–water partition coefficient (Wildman–Crippen LogP) is 5.32. The van der Waals surface area contributed by atoms with E-state index in [0.717, 1.165) is 11.1 Å². The molecule has 1 heterocycles. The molecule has 0 aliphatic rings. The molecule has 3 aromatic carbocycles. The Balaban J connectivity index is 1.60. The maximum Gasteiger partial charge on any atom is 0.320 e. The molecule has 0 aliphatic carbocycles. The molecule has 0 spiro atoms. The molecule has 0 unspecified atom stereocenters. The average Bonchev–Trinajstić information content (AvgIpc) is 3.33. The van der Waals surface area contributed by atoms with Crippen LogP contribution < -0.4 is 20.1 Å². The van der Waals surface area contributed by atoms with E-state index < -0.39 is 12.1 Å². The first kappa shape index (κ1) is 22.2. The van der Waals surface area contributed by atoms with Gasteiger partial charge in [-0.25, -0.2) is 4.79 Å². The SMILES string of the molecule is COc1cc(NC(=O)N[C@@H](c2ccc(Cl)cc2)c2nnc(-c3ccccc3)o2)cc(OC)c1. The number of rotatable bonds is 7. The normalized spacial score (nSPS) is 11.5. The molecule has 0 saturated carbocycles. The van der Waals surface area contributed by atoms with Crippen molar-refractivity contribution in [3.05, 3.63) is 89.3 Å². The van der Waals surface area contributed by atoms with Crippen LogP contribution in [0.15, 0.2) is 77.2 Å². The minimum atomic E-state index is -0.709. The number of nitrogens with one attached hydrogen (secondary N) is 2. The van der Waals surface area contributed by atoms with Crippen molar-refractivity contribution in [1.82, 2.24) is 15.5 Å². The van der Waals surface area contributed by atoms with E-state index in [1.807, 2.05) is 30.3 Å². The van der Waals surface area contributed by atoms with E-state index in [4.69, 9.17) is 25.5 Å². The molecule has 4 rings (SSSR count). The summed E-state index contributed by atoms with van der Waals surface area (Å²) in [6.07, 6.45) is 0. The number of aromatic nitrogens is 2. The maximum atomic E-state index is 12.9. The van der Waals surface area contributed by atoms with Crippen LogP contribution in [0.4, 0.5) is 10.5 Å². The molecule has 8 nitrogen and oxygen atoms in total. The summed E-state index contributed by atoms with van der Waals surface area (Å²) >= 11 is 6.04. The molecule has 0 aliphatic heterocycles. The Kier molecular flexibility index (Phi) is 6.75. The number of carbonyl (C=O) groups excluding carboxylic acids is 1. The van der Waals surface area contributed by atoms with E-state index in [1.54, 1.807) is 42.5 Å². The van der Waals surface area contributed by atoms with Crippen LogP contribution >= 0.6 is 11.6 Å². The molecule has 168 valence electrons. The minimum Gasteiger partial charge on any atom is -0.497 e. The van der Waals surface area contributed by atoms with E-state index in [-0.39, 0.29) is 5.89 Å². The number of benzene rings is 3. The van der Waals surface area contributed by atoms with E-state index in [1.165, 1.54) is 14.2 Å². The van der Waals surface area contributed by atoms with Gasteiger partial charge in [0.25, 0.3) is 0 Å². The van der Waals surface area contributed by atoms with Gasteiger partial charge in [-0.2, -0.15) is 0 Å². The van der Waals surface area contributed by atoms with E-state index in [2.05, 4.69) is 20.8 Å². The van der Waals surface area contributed by atoms with Crippen molar-refractivity contribution in [3.63, 3.8) is 0 Å². The third-order valence-electron chi connectivity index (χ3n) is 4.80. The first-order valence-corrected chi connectivity index (χ1v) is 10.4. The molecule has 2 N–H and O–H groups in total. The molecular weight excluding hydrogens is 444 g/mol. The van der Waals surface area contributed by atoms with Crippen LogP contribution in [0, 0.1) is 0 Å². The van der Waals surface area contributed by atoms with Crippen molar-refractivity contribution in [2.24, 2.45) is 0 Å². The van der Waals surface area contributed by atoms with Crippen LogP contribution in [0.5, 0.6) is 11.5 Å². The smallest absolute Gasteiger partial charge is 0.320 e. The zero-order valence-corrected chi connectivity index (χ0v) is 18.7. The van der Waals surface area contributed by atoms with Gasteiger partial charge in [-0.15, -0.1) is 10.2 Å². The number of urea groups is 1. The van der Waals surface area contributed by atoms with E-state index in [0.29, 0.717) is 28.1 Å². The van der Waals surface area contributed by atoms with Crippen molar-refractivity contribution in [2.45, 2.75) is 6.04 Å². The number of ether oxygens (including phenoxy) is 2. The Morgan fingerprint density at radius 1 is 0.939 bits per heavy atom. The first-order valence-electron chi connectivity index (χ1n) is 10.0. The largest absolute Gasteiger partial charge is 0.497 e. The van der Waals surface area contributed by atoms with Crippen LogP contribution in [0.1, 0.15) is 17.5 Å². The third-order valence-corrected chi connectivity index (χ3v) is 5.05. The molecule has 9 heteroatoms. The molecule has 0 saturated heterocycles. The highest BCUT2D eigenvalue weighted by Gasteiger charge is 2.24. The fraction of sp³-hybridized carbons (Fsp3) is 0.125. The van der Waals surface area contributed by atoms with E-state index in [9.17, 15) is 4.79 Å². The number of anilines is 1. The highest BCUT2D eigenvalue weighted by molar-refractivity contribution is 6.30. The lowest BCUT2D eigenvalue weighted by Gasteiger charge is -2.17. The number of carbonyl (C=O) groups is 1. The monoisotopic (exact) mass is 464 g/mol. The van der Waals surface area contributed by atoms with Crippen LogP contribution in [0.25, 0.3) is 11.5 Å². The van der Waals surface area contributed by atoms with Crippen molar-refractivity contribution in [3.8, 4) is 23.0 Å². The number of amides is 2. The lowest BCUT2D eigenvalue weighted by atomic mass is 10.1. The molecule has 1 aromatic heterocycles. The summed E-state index contributed by atoms with van der Waals surface area (Å²) in [7, 11) is 3.07. The fourth-order valence-electron chi connectivity index (χ4n) is 3.17. The molecule has 0 fully saturated rings. The van der Waals surface area contributed by atoms with Gasteiger partial charge < -0.3 is 24.5 Å². The van der Waals surface area contributed by atoms with Gasteiger partial charge in [0, 0.05) is 34.5 Å². The van der Waals surface area contributed by atoms with Crippen LogP contribution in [0.2, 0.25) is 5.02 Å². The number of hydrogen-bond donors (Lipinski definition) is 2. The molecular formula is C24H21ClN4O4. The minimum absolute atomic E-state index is 0.231. The van der Waals surface area contributed by atoms with Gasteiger partial charge in [0.2, 0.25) is 11.8 Å². The van der Waals surface area contributed by atoms with E-state index >= 15 is 0 Å². The van der Waals surface area contributed by atoms with Gasteiger partial charge in [0.15, 0.2) is 0 Å². The van der Waals surface area contributed by atoms with Gasteiger partial charge in [-0.1, -0.05) is 41.9 Å². The number of halogens is 1. The average molecular weight is 465 g/mol. The summed E-state index contributed by atoms with van der Waals surface area (Å²) in [5.74, 6) is 1.67. The van der Waals surface area contributed by atoms with Gasteiger partial charge in [0.05, 0.1) is 14.2 Å². The summed E-state index contributed by atoms with van der Waals surface area (Å²) in [6.45, 7) is 0. The summed E-state index contributed by atoms with van der Waals surface area (Å²) in [5.41, 5.74) is 1.99. The lowest BCUT2D eigenvalue weighted by molar-refractivity contribution is 0.248. The summed E-state index contributed by atoms with van der Waals surface area (Å²) in [6, 6.07) is 20.3. The Morgan fingerprint density at radius 2 is 1.61 bits per heavy atom. The zero-order chi connectivity index (χ0) is 23.2. The molecule has 0 radical (unpaired) electrons. The Labute approximate surface area is 195 Å². The van der Waals surface area contributed by atoms with Gasteiger partial charge >= 0.3 is 6.03 Å². The Hall–Kier alpha value is -4.04. The van der Waals surface area contributed by atoms with Gasteiger partial charge in [0.1, 0.15) is 17.5 Å². The summed E-state index contributed by atoms with van der Waals surface area (Å²) in [4.78, 5) is 12.9. The van der Waals surface area contributed by atoms with Crippen LogP contribution in [-0.4, -0.2) is 30.4 Å². The highest BCUT2D eigenvalue weighted by Crippen LogP contribution is 2.28. The second-order valence-corrected chi connectivity index (χ2v) is 7.43. The molecule has 0 bridgehead atoms. The lowest BCUT2D eigenvalue weighted by Crippen LogP contribution is -2.33. The molecule has 33 heavy (non-hydrogen) atoms. The van der Waals surface area contributed by atoms with Crippen molar-refractivity contribution < 1.29 is 18.7 Å². The predicted molar refractivity (Wildman–Crippen MR) is 125 cm³/mol. The summed E-state index contributed by atoms with van der Waals surface area (Å²) in [5, 5.41) is 14.6. The van der Waals surface area contributed by atoms with Gasteiger partial charge in [-0.3, -0.25) is 0 Å². The third kappa shape index (κ3) is 5.42. The number of nitrogens with zero attached hydrogens (tertiary/aromatic N) is 2. The van der Waals surface area contributed by atoms with Crippen molar-refractivity contribution in [1.29, 1.82) is 0 Å². The highest BCUT2D eigenvalue weighted by atomic mass is 35.5. The second kappa shape index (κ2) is 10.1. The maximum absolute atomic E-state index is 12.9. The number of hydrogen-bond acceptors (Lipinski definition) is 6. The first-order chi connectivity index (χ1) is 16.1. The molecule has 4 aromatic rings. The van der Waals surface area contributed by atoms with Crippen LogP contribution in [-0.2, 0) is 0 Å². The van der Waals surface area contributed by atoms with Gasteiger partial charge in [-0.05, 0) is 29.8 Å². The zero-order valence-electron chi connectivity index (χ0n) is 17.9.